The number of rotatable bonds is 7. The molecule has 1 aliphatic rings. The molecule has 0 aliphatic heterocycles. The van der Waals surface area contributed by atoms with Crippen LogP contribution >= 0.6 is 0 Å². The molecule has 0 bridgehead atoms. The zero-order valence-corrected chi connectivity index (χ0v) is 12.3. The van der Waals surface area contributed by atoms with Crippen LogP contribution in [0.2, 0.25) is 0 Å². The molecule has 0 aromatic carbocycles. The summed E-state index contributed by atoms with van der Waals surface area (Å²) in [6.07, 6.45) is 4.02. The summed E-state index contributed by atoms with van der Waals surface area (Å²) in [6.45, 7) is 4.92. The summed E-state index contributed by atoms with van der Waals surface area (Å²) < 4.78 is 1.46. The molecule has 1 amide bonds. The second-order valence-corrected chi connectivity index (χ2v) is 5.40. The first-order valence-corrected chi connectivity index (χ1v) is 7.51. The first-order chi connectivity index (χ1) is 9.65. The normalized spacial score (nSPS) is 14.6. The number of carbonyl (C=O) groups excluding carboxylic acids is 1. The maximum absolute atomic E-state index is 11.8. The van der Waals surface area contributed by atoms with Crippen LogP contribution in [-0.4, -0.2) is 22.2 Å². The first-order valence-electron chi connectivity index (χ1n) is 7.51. The minimum atomic E-state index is -0.105. The van der Waals surface area contributed by atoms with Gasteiger partial charge in [-0.05, 0) is 31.7 Å². The van der Waals surface area contributed by atoms with Gasteiger partial charge in [0, 0.05) is 24.4 Å². The molecule has 110 valence electrons. The van der Waals surface area contributed by atoms with E-state index < -0.39 is 0 Å². The van der Waals surface area contributed by atoms with Crippen LogP contribution in [0.15, 0.2) is 16.9 Å². The minimum absolute atomic E-state index is 0.0671. The second-order valence-electron chi connectivity index (χ2n) is 5.40. The van der Waals surface area contributed by atoms with Gasteiger partial charge in [0.15, 0.2) is 0 Å². The van der Waals surface area contributed by atoms with E-state index in [1.165, 1.54) is 4.68 Å². The van der Waals surface area contributed by atoms with Gasteiger partial charge in [-0.25, -0.2) is 4.68 Å². The quantitative estimate of drug-likeness (QED) is 0.824. The molecule has 1 fully saturated rings. The van der Waals surface area contributed by atoms with Crippen LogP contribution in [0.1, 0.15) is 51.1 Å². The van der Waals surface area contributed by atoms with Crippen LogP contribution in [-0.2, 0) is 11.3 Å². The maximum atomic E-state index is 11.8. The SMILES string of the molecule is CCC(CC)C(=O)NCCn1nc(C2CC2)ccc1=O. The summed E-state index contributed by atoms with van der Waals surface area (Å²) in [5.41, 5.74) is 0.891. The minimum Gasteiger partial charge on any atom is -0.354 e. The van der Waals surface area contributed by atoms with Gasteiger partial charge in [0.1, 0.15) is 0 Å². The molecule has 5 heteroatoms. The van der Waals surface area contributed by atoms with Crippen molar-refractivity contribution in [3.05, 3.63) is 28.2 Å². The molecule has 1 aromatic rings. The average Bonchev–Trinajstić information content (AvgIpc) is 3.27. The van der Waals surface area contributed by atoms with E-state index in [0.717, 1.165) is 31.4 Å². The Morgan fingerprint density at radius 3 is 2.70 bits per heavy atom. The molecular weight excluding hydrogens is 254 g/mol. The van der Waals surface area contributed by atoms with Crippen LogP contribution in [0.4, 0.5) is 0 Å². The van der Waals surface area contributed by atoms with Crippen LogP contribution < -0.4 is 10.9 Å². The molecule has 0 atom stereocenters. The van der Waals surface area contributed by atoms with Crippen molar-refractivity contribution in [3.63, 3.8) is 0 Å². The van der Waals surface area contributed by atoms with E-state index >= 15 is 0 Å². The molecule has 1 heterocycles. The highest BCUT2D eigenvalue weighted by Crippen LogP contribution is 2.38. The summed E-state index contributed by atoms with van der Waals surface area (Å²) in [5, 5.41) is 7.26. The molecule has 20 heavy (non-hydrogen) atoms. The third-order valence-corrected chi connectivity index (χ3v) is 3.86. The summed E-state index contributed by atoms with van der Waals surface area (Å²) in [7, 11) is 0. The van der Waals surface area contributed by atoms with Crippen LogP contribution in [0, 0.1) is 5.92 Å². The van der Waals surface area contributed by atoms with Crippen molar-refractivity contribution in [2.24, 2.45) is 5.92 Å². The highest BCUT2D eigenvalue weighted by atomic mass is 16.2. The number of amides is 1. The van der Waals surface area contributed by atoms with Gasteiger partial charge < -0.3 is 5.32 Å². The highest BCUT2D eigenvalue weighted by Gasteiger charge is 2.25. The van der Waals surface area contributed by atoms with Gasteiger partial charge >= 0.3 is 0 Å². The van der Waals surface area contributed by atoms with Crippen molar-refractivity contribution >= 4 is 5.91 Å². The Hall–Kier alpha value is -1.65. The molecule has 1 aliphatic carbocycles. The van der Waals surface area contributed by atoms with Gasteiger partial charge in [0.05, 0.1) is 12.2 Å². The van der Waals surface area contributed by atoms with E-state index in [2.05, 4.69) is 10.4 Å². The Bertz CT molecular complexity index is 516. The van der Waals surface area contributed by atoms with E-state index in [4.69, 9.17) is 0 Å². The van der Waals surface area contributed by atoms with Crippen molar-refractivity contribution < 1.29 is 4.79 Å². The molecular formula is C15H23N3O2. The monoisotopic (exact) mass is 277 g/mol. The standard InChI is InChI=1S/C15H23N3O2/c1-3-11(4-2)15(20)16-9-10-18-14(19)8-7-13(17-18)12-5-6-12/h7-8,11-12H,3-6,9-10H2,1-2H3,(H,16,20). The lowest BCUT2D eigenvalue weighted by Gasteiger charge is -2.13. The molecule has 1 aromatic heterocycles. The van der Waals surface area contributed by atoms with Gasteiger partial charge in [-0.1, -0.05) is 13.8 Å². The zero-order chi connectivity index (χ0) is 14.5. The van der Waals surface area contributed by atoms with Gasteiger partial charge in [-0.2, -0.15) is 5.10 Å². The second kappa shape index (κ2) is 6.68. The molecule has 1 saturated carbocycles. The van der Waals surface area contributed by atoms with Gasteiger partial charge in [-0.15, -0.1) is 0 Å². The summed E-state index contributed by atoms with van der Waals surface area (Å²) in [6, 6.07) is 3.39. The van der Waals surface area contributed by atoms with Crippen molar-refractivity contribution in [2.45, 2.75) is 52.0 Å². The molecule has 0 unspecified atom stereocenters. The number of nitrogens with one attached hydrogen (secondary N) is 1. The Morgan fingerprint density at radius 2 is 2.10 bits per heavy atom. The number of carbonyl (C=O) groups is 1. The van der Waals surface area contributed by atoms with E-state index in [1.54, 1.807) is 6.07 Å². The fraction of sp³-hybridized carbons (Fsp3) is 0.667. The summed E-state index contributed by atoms with van der Waals surface area (Å²) in [5.74, 6) is 0.667. The van der Waals surface area contributed by atoms with Crippen LogP contribution in [0.5, 0.6) is 0 Å². The average molecular weight is 277 g/mol. The molecule has 5 nitrogen and oxygen atoms in total. The van der Waals surface area contributed by atoms with E-state index in [9.17, 15) is 9.59 Å². The number of hydrogen-bond acceptors (Lipinski definition) is 3. The fourth-order valence-electron chi connectivity index (χ4n) is 2.31. The third kappa shape index (κ3) is 3.68. The number of aromatic nitrogens is 2. The van der Waals surface area contributed by atoms with Crippen molar-refractivity contribution in [2.75, 3.05) is 6.54 Å². The lowest BCUT2D eigenvalue weighted by Crippen LogP contribution is -2.35. The third-order valence-electron chi connectivity index (χ3n) is 3.86. The summed E-state index contributed by atoms with van der Waals surface area (Å²) >= 11 is 0. The van der Waals surface area contributed by atoms with E-state index in [0.29, 0.717) is 19.0 Å². The number of nitrogens with zero attached hydrogens (tertiary/aromatic N) is 2. The Kier molecular flexibility index (Phi) is 4.93. The van der Waals surface area contributed by atoms with Crippen molar-refractivity contribution in [3.8, 4) is 0 Å². The molecule has 0 spiro atoms. The van der Waals surface area contributed by atoms with Crippen LogP contribution in [0.25, 0.3) is 0 Å². The largest absolute Gasteiger partial charge is 0.354 e. The van der Waals surface area contributed by atoms with Gasteiger partial charge in [0.2, 0.25) is 5.91 Å². The predicted octanol–water partition coefficient (Wildman–Crippen LogP) is 1.67. The zero-order valence-electron chi connectivity index (χ0n) is 12.3. The van der Waals surface area contributed by atoms with Crippen molar-refractivity contribution in [1.82, 2.24) is 15.1 Å². The predicted molar refractivity (Wildman–Crippen MR) is 77.6 cm³/mol. The fourth-order valence-corrected chi connectivity index (χ4v) is 2.31. The Labute approximate surface area is 119 Å². The van der Waals surface area contributed by atoms with E-state index in [1.807, 2.05) is 19.9 Å². The maximum Gasteiger partial charge on any atom is 0.266 e. The molecule has 2 rings (SSSR count). The number of hydrogen-bond donors (Lipinski definition) is 1. The van der Waals surface area contributed by atoms with Gasteiger partial charge in [0.25, 0.3) is 5.56 Å². The molecule has 1 N–H and O–H groups in total. The van der Waals surface area contributed by atoms with Crippen molar-refractivity contribution in [1.29, 1.82) is 0 Å². The highest BCUT2D eigenvalue weighted by molar-refractivity contribution is 5.78. The molecule has 0 radical (unpaired) electrons. The van der Waals surface area contributed by atoms with Crippen LogP contribution in [0.3, 0.4) is 0 Å². The topological polar surface area (TPSA) is 64.0 Å². The Balaban J connectivity index is 1.89. The lowest BCUT2D eigenvalue weighted by atomic mass is 10.0. The molecule has 0 saturated heterocycles. The summed E-state index contributed by atoms with van der Waals surface area (Å²) in [4.78, 5) is 23.6. The lowest BCUT2D eigenvalue weighted by molar-refractivity contribution is -0.125. The van der Waals surface area contributed by atoms with E-state index in [-0.39, 0.29) is 17.4 Å². The first kappa shape index (κ1) is 14.8. The van der Waals surface area contributed by atoms with Gasteiger partial charge in [-0.3, -0.25) is 9.59 Å². The smallest absolute Gasteiger partial charge is 0.266 e. The Morgan fingerprint density at radius 1 is 1.40 bits per heavy atom.